The van der Waals surface area contributed by atoms with Gasteiger partial charge in [0, 0.05) is 18.7 Å². The zero-order valence-corrected chi connectivity index (χ0v) is 16.1. The highest BCUT2D eigenvalue weighted by Gasteiger charge is 2.25. The fourth-order valence-electron chi connectivity index (χ4n) is 2.38. The van der Waals surface area contributed by atoms with Gasteiger partial charge in [-0.3, -0.25) is 9.59 Å². The molecule has 1 aromatic heterocycles. The molecule has 0 saturated heterocycles. The molecule has 2 amide bonds. The molecule has 0 unspecified atom stereocenters. The number of amides is 2. The first-order chi connectivity index (χ1) is 13.2. The molecule has 1 heterocycles. The smallest absolute Gasteiger partial charge is 0.344 e. The normalized spacial score (nSPS) is 10.6. The molecule has 0 aliphatic carbocycles. The Morgan fingerprint density at radius 1 is 1.25 bits per heavy atom. The van der Waals surface area contributed by atoms with Crippen molar-refractivity contribution >= 4 is 23.5 Å². The Morgan fingerprint density at radius 2 is 1.89 bits per heavy atom. The molecule has 9 heteroatoms. The largest absolute Gasteiger partial charge is 0.452 e. The van der Waals surface area contributed by atoms with Crippen LogP contribution in [0.3, 0.4) is 0 Å². The van der Waals surface area contributed by atoms with Gasteiger partial charge >= 0.3 is 5.97 Å². The zero-order valence-electron chi connectivity index (χ0n) is 16.1. The van der Waals surface area contributed by atoms with Crippen LogP contribution in [0.2, 0.25) is 0 Å². The minimum absolute atomic E-state index is 0.0720. The van der Waals surface area contributed by atoms with Crippen molar-refractivity contribution < 1.29 is 28.0 Å². The molecule has 2 rings (SSSR count). The van der Waals surface area contributed by atoms with Crippen LogP contribution in [-0.2, 0) is 14.3 Å². The summed E-state index contributed by atoms with van der Waals surface area (Å²) in [6.07, 6.45) is 0. The van der Waals surface area contributed by atoms with Gasteiger partial charge < -0.3 is 19.5 Å². The van der Waals surface area contributed by atoms with Crippen molar-refractivity contribution in [2.75, 3.05) is 25.5 Å². The Bertz CT molecular complexity index is 861. The van der Waals surface area contributed by atoms with E-state index in [4.69, 9.17) is 9.26 Å². The second kappa shape index (κ2) is 9.12. The number of hydrogen-bond acceptors (Lipinski definition) is 6. The quantitative estimate of drug-likeness (QED) is 0.728. The van der Waals surface area contributed by atoms with Crippen molar-refractivity contribution in [2.24, 2.45) is 0 Å². The molecule has 2 aromatic rings. The number of hydrogen-bond donors (Lipinski definition) is 1. The molecule has 0 atom stereocenters. The third-order valence-electron chi connectivity index (χ3n) is 3.88. The molecule has 150 valence electrons. The molecule has 1 N–H and O–H groups in total. The van der Waals surface area contributed by atoms with Gasteiger partial charge in [0.1, 0.15) is 11.4 Å². The first kappa shape index (κ1) is 21.1. The van der Waals surface area contributed by atoms with Crippen molar-refractivity contribution in [1.29, 1.82) is 0 Å². The monoisotopic (exact) mass is 391 g/mol. The van der Waals surface area contributed by atoms with Crippen LogP contribution in [0, 0.1) is 12.7 Å². The lowest BCUT2D eigenvalue weighted by atomic mass is 10.1. The summed E-state index contributed by atoms with van der Waals surface area (Å²) in [5.41, 5.74) is 0.996. The van der Waals surface area contributed by atoms with Crippen LogP contribution in [-0.4, -0.2) is 48.0 Å². The van der Waals surface area contributed by atoms with E-state index < -0.39 is 30.2 Å². The number of likely N-dealkylation sites (N-methyl/N-ethyl adjacent to an activating group) is 1. The number of rotatable bonds is 7. The van der Waals surface area contributed by atoms with Crippen molar-refractivity contribution in [1.82, 2.24) is 10.1 Å². The van der Waals surface area contributed by atoms with E-state index in [1.54, 1.807) is 6.92 Å². The van der Waals surface area contributed by atoms with Gasteiger partial charge in [0.2, 0.25) is 5.91 Å². The van der Waals surface area contributed by atoms with E-state index in [1.807, 2.05) is 13.8 Å². The van der Waals surface area contributed by atoms with E-state index >= 15 is 0 Å². The molecule has 0 bridgehead atoms. The Morgan fingerprint density at radius 3 is 2.50 bits per heavy atom. The summed E-state index contributed by atoms with van der Waals surface area (Å²) < 4.78 is 23.0. The predicted molar refractivity (Wildman–Crippen MR) is 98.3 cm³/mol. The van der Waals surface area contributed by atoms with Crippen molar-refractivity contribution in [3.63, 3.8) is 0 Å². The Balaban J connectivity index is 1.87. The number of ether oxygens (including phenoxy) is 1. The Hall–Kier alpha value is -3.23. The minimum Gasteiger partial charge on any atom is -0.452 e. The van der Waals surface area contributed by atoms with Gasteiger partial charge in [0.25, 0.3) is 5.91 Å². The first-order valence-electron chi connectivity index (χ1n) is 8.61. The van der Waals surface area contributed by atoms with Crippen LogP contribution in [0.25, 0.3) is 0 Å². The maximum atomic E-state index is 12.9. The number of aryl methyl sites for hydroxylation is 1. The summed E-state index contributed by atoms with van der Waals surface area (Å²) >= 11 is 0. The van der Waals surface area contributed by atoms with Crippen molar-refractivity contribution in [2.45, 2.75) is 26.7 Å². The fraction of sp³-hybridized carbons (Fsp3) is 0.368. The molecular formula is C19H22FN3O5. The van der Waals surface area contributed by atoms with E-state index in [0.29, 0.717) is 17.1 Å². The lowest BCUT2D eigenvalue weighted by molar-refractivity contribution is -0.136. The second-order valence-corrected chi connectivity index (χ2v) is 6.54. The van der Waals surface area contributed by atoms with Crippen LogP contribution in [0.15, 0.2) is 28.8 Å². The number of carbonyl (C=O) groups excluding carboxylic acids is 3. The molecule has 28 heavy (non-hydrogen) atoms. The summed E-state index contributed by atoms with van der Waals surface area (Å²) in [5.74, 6) is -1.83. The lowest BCUT2D eigenvalue weighted by Crippen LogP contribution is -2.37. The van der Waals surface area contributed by atoms with Gasteiger partial charge in [-0.05, 0) is 31.2 Å². The molecule has 1 aromatic carbocycles. The average molecular weight is 391 g/mol. The SMILES string of the molecule is Cc1noc(C(C)C)c1C(=O)OCC(=O)N(C)CC(=O)Nc1ccc(F)cc1. The van der Waals surface area contributed by atoms with E-state index in [1.165, 1.54) is 31.3 Å². The molecular weight excluding hydrogens is 369 g/mol. The summed E-state index contributed by atoms with van der Waals surface area (Å²) in [5, 5.41) is 6.30. The second-order valence-electron chi connectivity index (χ2n) is 6.54. The molecule has 0 fully saturated rings. The lowest BCUT2D eigenvalue weighted by Gasteiger charge is -2.17. The highest BCUT2D eigenvalue weighted by Crippen LogP contribution is 2.22. The number of carbonyl (C=O) groups is 3. The number of aromatic nitrogens is 1. The number of esters is 1. The molecule has 8 nitrogen and oxygen atoms in total. The number of benzene rings is 1. The maximum Gasteiger partial charge on any atom is 0.344 e. The highest BCUT2D eigenvalue weighted by molar-refractivity contribution is 5.96. The average Bonchev–Trinajstić information content (AvgIpc) is 3.03. The van der Waals surface area contributed by atoms with E-state index in [-0.39, 0.29) is 18.0 Å². The highest BCUT2D eigenvalue weighted by atomic mass is 19.1. The van der Waals surface area contributed by atoms with Crippen LogP contribution in [0.5, 0.6) is 0 Å². The van der Waals surface area contributed by atoms with Crippen molar-refractivity contribution in [3.8, 4) is 0 Å². The van der Waals surface area contributed by atoms with Gasteiger partial charge in [-0.2, -0.15) is 0 Å². The third-order valence-corrected chi connectivity index (χ3v) is 3.88. The minimum atomic E-state index is -0.708. The van der Waals surface area contributed by atoms with Gasteiger partial charge in [-0.15, -0.1) is 0 Å². The van der Waals surface area contributed by atoms with Crippen molar-refractivity contribution in [3.05, 3.63) is 47.1 Å². The predicted octanol–water partition coefficient (Wildman–Crippen LogP) is 2.50. The summed E-state index contributed by atoms with van der Waals surface area (Å²) in [4.78, 5) is 37.5. The number of anilines is 1. The number of nitrogens with one attached hydrogen (secondary N) is 1. The van der Waals surface area contributed by atoms with Crippen LogP contribution in [0.4, 0.5) is 10.1 Å². The molecule has 0 radical (unpaired) electrons. The molecule has 0 aliphatic rings. The fourth-order valence-corrected chi connectivity index (χ4v) is 2.38. The molecule has 0 saturated carbocycles. The van der Waals surface area contributed by atoms with Crippen LogP contribution < -0.4 is 5.32 Å². The number of halogens is 1. The van der Waals surface area contributed by atoms with E-state index in [2.05, 4.69) is 10.5 Å². The summed E-state index contributed by atoms with van der Waals surface area (Å²) in [7, 11) is 1.41. The molecule has 0 spiro atoms. The Labute approximate surface area is 161 Å². The summed E-state index contributed by atoms with van der Waals surface area (Å²) in [6.45, 7) is 4.52. The zero-order chi connectivity index (χ0) is 20.8. The van der Waals surface area contributed by atoms with Gasteiger partial charge in [-0.25, -0.2) is 9.18 Å². The number of nitrogens with zero attached hydrogens (tertiary/aromatic N) is 2. The van der Waals surface area contributed by atoms with Gasteiger partial charge in [0.05, 0.1) is 12.2 Å². The maximum absolute atomic E-state index is 12.9. The van der Waals surface area contributed by atoms with E-state index in [0.717, 1.165) is 4.90 Å². The third kappa shape index (κ3) is 5.38. The summed E-state index contributed by atoms with van der Waals surface area (Å²) in [6, 6.07) is 5.24. The standard InChI is InChI=1S/C19H22FN3O5/c1-11(2)18-17(12(3)22-28-18)19(26)27-10-16(25)23(4)9-15(24)21-14-7-5-13(20)6-8-14/h5-8,11H,9-10H2,1-4H3,(H,21,24). The van der Waals surface area contributed by atoms with Crippen LogP contribution >= 0.6 is 0 Å². The van der Waals surface area contributed by atoms with Crippen LogP contribution in [0.1, 0.15) is 41.6 Å². The van der Waals surface area contributed by atoms with Gasteiger partial charge in [0.15, 0.2) is 12.4 Å². The first-order valence-corrected chi connectivity index (χ1v) is 8.61. The van der Waals surface area contributed by atoms with Gasteiger partial charge in [-0.1, -0.05) is 19.0 Å². The topological polar surface area (TPSA) is 102 Å². The Kier molecular flexibility index (Phi) is 6.86. The molecule has 0 aliphatic heterocycles. The van der Waals surface area contributed by atoms with E-state index in [9.17, 15) is 18.8 Å².